The highest BCUT2D eigenvalue weighted by atomic mass is 19.1. The van der Waals surface area contributed by atoms with Crippen molar-refractivity contribution in [2.75, 3.05) is 6.61 Å². The number of hydrogen-bond donors (Lipinski definition) is 0. The van der Waals surface area contributed by atoms with Crippen LogP contribution in [0.15, 0.2) is 12.1 Å². The number of benzene rings is 1. The number of carbonyl (C=O) groups excluding carboxylic acids is 1. The van der Waals surface area contributed by atoms with Crippen molar-refractivity contribution in [3.8, 4) is 5.75 Å². The Kier molecular flexibility index (Phi) is 3.55. The van der Waals surface area contributed by atoms with Crippen LogP contribution in [0.4, 0.5) is 10.1 Å². The first-order chi connectivity index (χ1) is 7.49. The number of carbonyl (C=O) groups is 1. The lowest BCUT2D eigenvalue weighted by atomic mass is 10.1. The van der Waals surface area contributed by atoms with Gasteiger partial charge in [-0.05, 0) is 19.9 Å². The SMILES string of the molecule is CCOc1ccc([N+](=O)[O-])c(C(C)=O)c1F. The fraction of sp³-hybridized carbons (Fsp3) is 0.300. The van der Waals surface area contributed by atoms with Gasteiger partial charge in [-0.3, -0.25) is 14.9 Å². The number of nitro groups is 1. The molecule has 0 unspecified atom stereocenters. The summed E-state index contributed by atoms with van der Waals surface area (Å²) in [5.74, 6) is -1.84. The first kappa shape index (κ1) is 12.1. The molecule has 0 atom stereocenters. The van der Waals surface area contributed by atoms with Crippen LogP contribution >= 0.6 is 0 Å². The molecule has 0 N–H and O–H groups in total. The second kappa shape index (κ2) is 4.69. The minimum Gasteiger partial charge on any atom is -0.491 e. The minimum absolute atomic E-state index is 0.154. The van der Waals surface area contributed by atoms with Crippen LogP contribution in [0.2, 0.25) is 0 Å². The van der Waals surface area contributed by atoms with Gasteiger partial charge >= 0.3 is 0 Å². The molecule has 0 aromatic heterocycles. The first-order valence-corrected chi connectivity index (χ1v) is 4.59. The largest absolute Gasteiger partial charge is 0.491 e. The third-order valence-corrected chi connectivity index (χ3v) is 1.93. The zero-order valence-electron chi connectivity index (χ0n) is 8.82. The summed E-state index contributed by atoms with van der Waals surface area (Å²) in [4.78, 5) is 20.9. The van der Waals surface area contributed by atoms with E-state index in [1.54, 1.807) is 6.92 Å². The Balaban J connectivity index is 3.41. The van der Waals surface area contributed by atoms with E-state index in [9.17, 15) is 19.3 Å². The molecule has 0 aliphatic carbocycles. The van der Waals surface area contributed by atoms with E-state index in [4.69, 9.17) is 4.74 Å². The average molecular weight is 227 g/mol. The van der Waals surface area contributed by atoms with E-state index in [1.807, 2.05) is 0 Å². The highest BCUT2D eigenvalue weighted by Gasteiger charge is 2.25. The maximum Gasteiger partial charge on any atom is 0.283 e. The van der Waals surface area contributed by atoms with Crippen molar-refractivity contribution in [1.82, 2.24) is 0 Å². The molecule has 86 valence electrons. The molecule has 6 heteroatoms. The molecule has 0 radical (unpaired) electrons. The van der Waals surface area contributed by atoms with Gasteiger partial charge in [0.2, 0.25) is 0 Å². The number of ketones is 1. The number of nitro benzene ring substituents is 1. The number of Topliss-reactive ketones (excluding diaryl/α,β-unsaturated/α-hetero) is 1. The molecule has 1 aromatic rings. The van der Waals surface area contributed by atoms with Crippen LogP contribution in [0.5, 0.6) is 5.75 Å². The lowest BCUT2D eigenvalue weighted by Gasteiger charge is -2.07. The van der Waals surface area contributed by atoms with Crippen LogP contribution in [0, 0.1) is 15.9 Å². The quantitative estimate of drug-likeness (QED) is 0.449. The third-order valence-electron chi connectivity index (χ3n) is 1.93. The highest BCUT2D eigenvalue weighted by molar-refractivity contribution is 5.98. The first-order valence-electron chi connectivity index (χ1n) is 4.59. The normalized spacial score (nSPS) is 9.94. The van der Waals surface area contributed by atoms with Gasteiger partial charge in [0, 0.05) is 6.07 Å². The summed E-state index contributed by atoms with van der Waals surface area (Å²) in [7, 11) is 0. The van der Waals surface area contributed by atoms with Crippen molar-refractivity contribution >= 4 is 11.5 Å². The number of rotatable bonds is 4. The molecular formula is C10H10FNO4. The van der Waals surface area contributed by atoms with Gasteiger partial charge in [-0.2, -0.15) is 0 Å². The predicted octanol–water partition coefficient (Wildman–Crippen LogP) is 2.34. The van der Waals surface area contributed by atoms with E-state index in [2.05, 4.69) is 0 Å². The van der Waals surface area contributed by atoms with Crippen LogP contribution in [-0.4, -0.2) is 17.3 Å². The highest BCUT2D eigenvalue weighted by Crippen LogP contribution is 2.29. The maximum atomic E-state index is 13.7. The molecule has 0 saturated heterocycles. The Bertz CT molecular complexity index is 445. The van der Waals surface area contributed by atoms with Crippen molar-refractivity contribution < 1.29 is 18.8 Å². The number of hydrogen-bond acceptors (Lipinski definition) is 4. The number of nitrogens with zero attached hydrogens (tertiary/aromatic N) is 1. The molecule has 0 spiro atoms. The Morgan fingerprint density at radius 1 is 1.56 bits per heavy atom. The van der Waals surface area contributed by atoms with Crippen LogP contribution < -0.4 is 4.74 Å². The molecule has 0 aliphatic rings. The van der Waals surface area contributed by atoms with Crippen molar-refractivity contribution in [3.63, 3.8) is 0 Å². The summed E-state index contributed by atoms with van der Waals surface area (Å²) in [6, 6.07) is 2.20. The second-order valence-electron chi connectivity index (χ2n) is 3.02. The summed E-state index contributed by atoms with van der Waals surface area (Å²) >= 11 is 0. The van der Waals surface area contributed by atoms with Crippen molar-refractivity contribution in [2.24, 2.45) is 0 Å². The lowest BCUT2D eigenvalue weighted by Crippen LogP contribution is -2.06. The van der Waals surface area contributed by atoms with Gasteiger partial charge < -0.3 is 4.74 Å². The van der Waals surface area contributed by atoms with E-state index in [0.717, 1.165) is 19.1 Å². The zero-order chi connectivity index (χ0) is 12.3. The van der Waals surface area contributed by atoms with E-state index in [1.165, 1.54) is 0 Å². The summed E-state index contributed by atoms with van der Waals surface area (Å²) in [5.41, 5.74) is -1.09. The standard InChI is InChI=1S/C10H10FNO4/c1-3-16-8-5-4-7(12(14)15)9(6(2)13)10(8)11/h4-5H,3H2,1-2H3. The number of halogens is 1. The molecule has 0 bridgehead atoms. The van der Waals surface area contributed by atoms with Gasteiger partial charge in [-0.1, -0.05) is 0 Å². The summed E-state index contributed by atoms with van der Waals surface area (Å²) in [6.07, 6.45) is 0. The van der Waals surface area contributed by atoms with Crippen molar-refractivity contribution in [1.29, 1.82) is 0 Å². The molecular weight excluding hydrogens is 217 g/mol. The topological polar surface area (TPSA) is 69.4 Å². The molecule has 1 rings (SSSR count). The average Bonchev–Trinajstić information content (AvgIpc) is 2.20. The van der Waals surface area contributed by atoms with Crippen LogP contribution in [0.3, 0.4) is 0 Å². The molecule has 0 heterocycles. The van der Waals surface area contributed by atoms with E-state index in [-0.39, 0.29) is 12.4 Å². The fourth-order valence-corrected chi connectivity index (χ4v) is 1.30. The lowest BCUT2D eigenvalue weighted by molar-refractivity contribution is -0.385. The van der Waals surface area contributed by atoms with Gasteiger partial charge in [0.1, 0.15) is 5.56 Å². The molecule has 0 saturated carbocycles. The van der Waals surface area contributed by atoms with Gasteiger partial charge in [-0.15, -0.1) is 0 Å². The predicted molar refractivity (Wildman–Crippen MR) is 54.2 cm³/mol. The maximum absolute atomic E-state index is 13.7. The smallest absolute Gasteiger partial charge is 0.283 e. The molecule has 5 nitrogen and oxygen atoms in total. The Morgan fingerprint density at radius 3 is 2.62 bits per heavy atom. The summed E-state index contributed by atoms with van der Waals surface area (Å²) in [5, 5.41) is 10.6. The van der Waals surface area contributed by atoms with Gasteiger partial charge in [0.25, 0.3) is 5.69 Å². The van der Waals surface area contributed by atoms with Crippen LogP contribution in [0.1, 0.15) is 24.2 Å². The van der Waals surface area contributed by atoms with E-state index in [0.29, 0.717) is 0 Å². The third kappa shape index (κ3) is 2.16. The molecule has 1 aromatic carbocycles. The molecule has 0 fully saturated rings. The summed E-state index contributed by atoms with van der Waals surface area (Å²) in [6.45, 7) is 2.93. The van der Waals surface area contributed by atoms with E-state index >= 15 is 0 Å². The Morgan fingerprint density at radius 2 is 2.19 bits per heavy atom. The van der Waals surface area contributed by atoms with Crippen molar-refractivity contribution in [2.45, 2.75) is 13.8 Å². The summed E-state index contributed by atoms with van der Waals surface area (Å²) < 4.78 is 18.6. The van der Waals surface area contributed by atoms with Crippen molar-refractivity contribution in [3.05, 3.63) is 33.6 Å². The van der Waals surface area contributed by atoms with Crippen LogP contribution in [0.25, 0.3) is 0 Å². The Labute approximate surface area is 91.0 Å². The zero-order valence-corrected chi connectivity index (χ0v) is 8.82. The van der Waals surface area contributed by atoms with E-state index < -0.39 is 27.8 Å². The monoisotopic (exact) mass is 227 g/mol. The molecule has 0 aliphatic heterocycles. The minimum atomic E-state index is -0.983. The van der Waals surface area contributed by atoms with Gasteiger partial charge in [0.05, 0.1) is 11.5 Å². The second-order valence-corrected chi connectivity index (χ2v) is 3.02. The number of ether oxygens (including phenoxy) is 1. The van der Waals surface area contributed by atoms with Gasteiger partial charge in [0.15, 0.2) is 17.3 Å². The van der Waals surface area contributed by atoms with Crippen LogP contribution in [-0.2, 0) is 0 Å². The molecule has 0 amide bonds. The van der Waals surface area contributed by atoms with Gasteiger partial charge in [-0.25, -0.2) is 4.39 Å². The molecule has 16 heavy (non-hydrogen) atoms. The Hall–Kier alpha value is -1.98. The fourth-order valence-electron chi connectivity index (χ4n) is 1.30.